The fraction of sp³-hybridized carbons (Fsp3) is 0.333. The molecule has 2 unspecified atom stereocenters. The Morgan fingerprint density at radius 2 is 2.00 bits per heavy atom. The first-order valence-corrected chi connectivity index (χ1v) is 11.1. The number of thioether (sulfide) groups is 1. The molecule has 1 saturated heterocycles. The molecule has 0 aromatic heterocycles. The van der Waals surface area contributed by atoms with Crippen LogP contribution >= 0.6 is 23.4 Å². The second-order valence-corrected chi connectivity index (χ2v) is 8.60. The van der Waals surface area contributed by atoms with Gasteiger partial charge in [0.15, 0.2) is 11.5 Å². The summed E-state index contributed by atoms with van der Waals surface area (Å²) in [6.45, 7) is 1.00. The van der Waals surface area contributed by atoms with Gasteiger partial charge < -0.3 is 20.1 Å². The van der Waals surface area contributed by atoms with Gasteiger partial charge in [-0.05, 0) is 29.8 Å². The number of nitrogens with one attached hydrogen (secondary N) is 3. The van der Waals surface area contributed by atoms with Crippen molar-refractivity contribution in [2.24, 2.45) is 0 Å². The maximum atomic E-state index is 12.5. The van der Waals surface area contributed by atoms with E-state index in [1.165, 1.54) is 0 Å². The highest BCUT2D eigenvalue weighted by Crippen LogP contribution is 2.32. The predicted octanol–water partition coefficient (Wildman–Crippen LogP) is 3.13. The zero-order valence-electron chi connectivity index (χ0n) is 16.2. The van der Waals surface area contributed by atoms with Crippen LogP contribution in [0.1, 0.15) is 18.4 Å². The summed E-state index contributed by atoms with van der Waals surface area (Å²) >= 11 is 7.57. The average molecular weight is 448 g/mol. The van der Waals surface area contributed by atoms with Crippen LogP contribution in [0.5, 0.6) is 11.5 Å². The number of benzene rings is 2. The van der Waals surface area contributed by atoms with E-state index in [4.69, 9.17) is 21.1 Å². The van der Waals surface area contributed by atoms with E-state index < -0.39 is 0 Å². The first-order chi connectivity index (χ1) is 14.5. The molecule has 0 radical (unpaired) electrons. The SMILES string of the molecule is O=C(CC1CC(=O)NC(SCc2cccc(Cl)c2)N1)Nc1ccc2c(c1)OCCO2. The molecule has 2 amide bonds. The van der Waals surface area contributed by atoms with E-state index in [1.807, 2.05) is 24.3 Å². The summed E-state index contributed by atoms with van der Waals surface area (Å²) in [4.78, 5) is 24.6. The first kappa shape index (κ1) is 20.8. The second-order valence-electron chi connectivity index (χ2n) is 7.07. The summed E-state index contributed by atoms with van der Waals surface area (Å²) < 4.78 is 11.0. The molecule has 2 heterocycles. The van der Waals surface area contributed by atoms with Gasteiger partial charge in [0.05, 0.1) is 0 Å². The van der Waals surface area contributed by atoms with Crippen molar-refractivity contribution in [3.8, 4) is 11.5 Å². The van der Waals surface area contributed by atoms with Crippen LogP contribution < -0.4 is 25.4 Å². The monoisotopic (exact) mass is 447 g/mol. The Balaban J connectivity index is 1.30. The molecule has 7 nitrogen and oxygen atoms in total. The molecule has 0 bridgehead atoms. The maximum absolute atomic E-state index is 12.5. The third kappa shape index (κ3) is 5.59. The molecule has 2 aromatic carbocycles. The van der Waals surface area contributed by atoms with Gasteiger partial charge in [-0.3, -0.25) is 14.9 Å². The van der Waals surface area contributed by atoms with Gasteiger partial charge in [0, 0.05) is 41.4 Å². The lowest BCUT2D eigenvalue weighted by molar-refractivity contribution is -0.124. The minimum atomic E-state index is -0.266. The van der Waals surface area contributed by atoms with E-state index in [2.05, 4.69) is 16.0 Å². The molecule has 158 valence electrons. The van der Waals surface area contributed by atoms with Crippen LogP contribution in [0.2, 0.25) is 5.02 Å². The van der Waals surface area contributed by atoms with Gasteiger partial charge in [-0.2, -0.15) is 0 Å². The standard InChI is InChI=1S/C21H22ClN3O4S/c22-14-3-1-2-13(8-14)12-30-21-24-16(11-20(27)25-21)10-19(26)23-15-4-5-17-18(9-15)29-7-6-28-17/h1-5,8-9,16,21,24H,6-7,10-12H2,(H,23,26)(H,25,27). The van der Waals surface area contributed by atoms with Gasteiger partial charge in [-0.15, -0.1) is 11.8 Å². The fourth-order valence-electron chi connectivity index (χ4n) is 3.33. The summed E-state index contributed by atoms with van der Waals surface area (Å²) in [5.74, 6) is 1.73. The Labute approximate surface area is 183 Å². The Kier molecular flexibility index (Phi) is 6.66. The van der Waals surface area contributed by atoms with Gasteiger partial charge in [0.2, 0.25) is 11.8 Å². The molecule has 2 aromatic rings. The summed E-state index contributed by atoms with van der Waals surface area (Å²) in [6, 6.07) is 12.7. The lowest BCUT2D eigenvalue weighted by atomic mass is 10.1. The number of carbonyl (C=O) groups is 2. The van der Waals surface area contributed by atoms with Crippen molar-refractivity contribution < 1.29 is 19.1 Å². The molecule has 4 rings (SSSR count). The quantitative estimate of drug-likeness (QED) is 0.630. The van der Waals surface area contributed by atoms with Crippen LogP contribution in [-0.2, 0) is 15.3 Å². The van der Waals surface area contributed by atoms with Crippen molar-refractivity contribution in [2.75, 3.05) is 18.5 Å². The molecule has 1 fully saturated rings. The molecule has 9 heteroatoms. The number of hydrogen-bond acceptors (Lipinski definition) is 6. The zero-order chi connectivity index (χ0) is 20.9. The fourth-order valence-corrected chi connectivity index (χ4v) is 4.58. The molecular formula is C21H22ClN3O4S. The molecule has 0 saturated carbocycles. The molecule has 30 heavy (non-hydrogen) atoms. The van der Waals surface area contributed by atoms with Crippen molar-refractivity contribution in [1.29, 1.82) is 0 Å². The third-order valence-corrected chi connectivity index (χ3v) is 6.00. The van der Waals surface area contributed by atoms with E-state index in [9.17, 15) is 9.59 Å². The smallest absolute Gasteiger partial charge is 0.225 e. The molecule has 2 aliphatic heterocycles. The molecule has 3 N–H and O–H groups in total. The highest BCUT2D eigenvalue weighted by molar-refractivity contribution is 7.99. The van der Waals surface area contributed by atoms with E-state index in [1.54, 1.807) is 30.0 Å². The van der Waals surface area contributed by atoms with Crippen LogP contribution in [0, 0.1) is 0 Å². The lowest BCUT2D eigenvalue weighted by Crippen LogP contribution is -2.55. The normalized spacial score (nSPS) is 20.4. The first-order valence-electron chi connectivity index (χ1n) is 9.66. The largest absolute Gasteiger partial charge is 0.486 e. The summed E-state index contributed by atoms with van der Waals surface area (Å²) in [6.07, 6.45) is 0.443. The molecular weight excluding hydrogens is 426 g/mol. The van der Waals surface area contributed by atoms with E-state index >= 15 is 0 Å². The van der Waals surface area contributed by atoms with Crippen LogP contribution in [0.15, 0.2) is 42.5 Å². The Hall–Kier alpha value is -2.42. The molecule has 0 spiro atoms. The Morgan fingerprint density at radius 1 is 1.17 bits per heavy atom. The molecule has 2 aliphatic rings. The minimum Gasteiger partial charge on any atom is -0.486 e. The number of anilines is 1. The van der Waals surface area contributed by atoms with Gasteiger partial charge in [0.1, 0.15) is 18.7 Å². The van der Waals surface area contributed by atoms with E-state index in [-0.39, 0.29) is 36.2 Å². The summed E-state index contributed by atoms with van der Waals surface area (Å²) in [7, 11) is 0. The van der Waals surface area contributed by atoms with Crippen molar-refractivity contribution in [1.82, 2.24) is 10.6 Å². The van der Waals surface area contributed by atoms with Gasteiger partial charge in [-0.25, -0.2) is 0 Å². The maximum Gasteiger partial charge on any atom is 0.225 e. The Bertz CT molecular complexity index is 942. The van der Waals surface area contributed by atoms with Crippen LogP contribution in [0.3, 0.4) is 0 Å². The highest BCUT2D eigenvalue weighted by Gasteiger charge is 2.27. The molecule has 2 atom stereocenters. The van der Waals surface area contributed by atoms with Crippen molar-refractivity contribution in [3.63, 3.8) is 0 Å². The second kappa shape index (κ2) is 9.59. The summed E-state index contributed by atoms with van der Waals surface area (Å²) in [5, 5.41) is 9.78. The van der Waals surface area contributed by atoms with Crippen LogP contribution in [0.25, 0.3) is 0 Å². The average Bonchev–Trinajstić information content (AvgIpc) is 2.72. The lowest BCUT2D eigenvalue weighted by Gasteiger charge is -2.31. The predicted molar refractivity (Wildman–Crippen MR) is 117 cm³/mol. The number of fused-ring (bicyclic) bond motifs is 1. The number of hydrogen-bond donors (Lipinski definition) is 3. The van der Waals surface area contributed by atoms with Gasteiger partial charge in [0.25, 0.3) is 0 Å². The van der Waals surface area contributed by atoms with Crippen molar-refractivity contribution >= 4 is 40.9 Å². The van der Waals surface area contributed by atoms with Crippen molar-refractivity contribution in [2.45, 2.75) is 30.1 Å². The number of ether oxygens (including phenoxy) is 2. The number of carbonyl (C=O) groups excluding carboxylic acids is 2. The van der Waals surface area contributed by atoms with E-state index in [0.717, 1.165) is 5.56 Å². The third-order valence-electron chi connectivity index (χ3n) is 4.67. The van der Waals surface area contributed by atoms with Crippen LogP contribution in [0.4, 0.5) is 5.69 Å². The number of halogens is 1. The minimum absolute atomic E-state index is 0.0746. The van der Waals surface area contributed by atoms with Gasteiger partial charge in [-0.1, -0.05) is 23.7 Å². The summed E-state index contributed by atoms with van der Waals surface area (Å²) in [5.41, 5.74) is 1.44. The zero-order valence-corrected chi connectivity index (χ0v) is 17.7. The van der Waals surface area contributed by atoms with Gasteiger partial charge >= 0.3 is 0 Å². The molecule has 0 aliphatic carbocycles. The number of amides is 2. The Morgan fingerprint density at radius 3 is 2.83 bits per heavy atom. The van der Waals surface area contributed by atoms with Crippen LogP contribution in [-0.4, -0.2) is 36.6 Å². The topological polar surface area (TPSA) is 88.7 Å². The number of rotatable bonds is 6. The van der Waals surface area contributed by atoms with E-state index in [0.29, 0.717) is 41.2 Å². The van der Waals surface area contributed by atoms with Crippen molar-refractivity contribution in [3.05, 3.63) is 53.1 Å². The highest BCUT2D eigenvalue weighted by atomic mass is 35.5.